The molecule has 306 valence electrons. The van der Waals surface area contributed by atoms with Gasteiger partial charge in [0.2, 0.25) is 29.5 Å². The Bertz CT molecular complexity index is 1530. The Labute approximate surface area is 327 Å². The minimum atomic E-state index is -4.72. The van der Waals surface area contributed by atoms with Crippen LogP contribution in [-0.2, 0) is 35.0 Å². The van der Waals surface area contributed by atoms with Gasteiger partial charge in [-0.2, -0.15) is 11.8 Å². The molecule has 6 unspecified atom stereocenters. The summed E-state index contributed by atoms with van der Waals surface area (Å²) in [5.41, 5.74) is 0.639. The number of carbonyl (C=O) groups excluding carboxylic acids is 6. The quantitative estimate of drug-likeness (QED) is 0.0482. The van der Waals surface area contributed by atoms with Crippen LogP contribution < -0.4 is 31.9 Å². The number of thioether (sulfide) groups is 1. The van der Waals surface area contributed by atoms with E-state index in [0.29, 0.717) is 43.2 Å². The first-order chi connectivity index (χ1) is 26.2. The normalized spacial score (nSPS) is 21.6. The van der Waals surface area contributed by atoms with E-state index in [4.69, 9.17) is 0 Å². The molecule has 0 saturated carbocycles. The van der Waals surface area contributed by atoms with Crippen LogP contribution >= 0.6 is 19.4 Å². The molecule has 8 N–H and O–H groups in total. The first-order valence-corrected chi connectivity index (χ1v) is 22.2. The zero-order valence-corrected chi connectivity index (χ0v) is 33.5. The molecule has 3 aliphatic rings. The number of amides is 7. The van der Waals surface area contributed by atoms with Gasteiger partial charge in [0.05, 0.1) is 12.1 Å². The SMILES string of the molecule is CC(C)C(NC(=O)CCC(=O)NCCCCCNC(=O)CCCCC1SCC2NC(=O)NC21)C(=O)N1CCCC1C(=O)NC(Cc1ccccc1)P(=O)(O)O. The molecule has 0 radical (unpaired) electrons. The zero-order valence-electron chi connectivity index (χ0n) is 31.8. The second-order valence-corrected chi connectivity index (χ2v) is 18.0. The fraction of sp³-hybridized carbons (Fsp3) is 0.676. The van der Waals surface area contributed by atoms with E-state index >= 15 is 0 Å². The third-order valence-corrected chi connectivity index (χ3v) is 12.9. The summed E-state index contributed by atoms with van der Waals surface area (Å²) >= 11 is 1.87. The van der Waals surface area contributed by atoms with Crippen molar-refractivity contribution < 1.29 is 43.1 Å². The van der Waals surface area contributed by atoms with E-state index in [1.165, 1.54) is 4.90 Å². The van der Waals surface area contributed by atoms with Gasteiger partial charge in [0.15, 0.2) is 0 Å². The van der Waals surface area contributed by atoms with Crippen molar-refractivity contribution >= 4 is 54.9 Å². The van der Waals surface area contributed by atoms with Crippen LogP contribution in [0.15, 0.2) is 30.3 Å². The molecule has 16 nitrogen and oxygen atoms in total. The van der Waals surface area contributed by atoms with Crippen molar-refractivity contribution in [2.24, 2.45) is 5.92 Å². The van der Waals surface area contributed by atoms with Crippen molar-refractivity contribution in [1.29, 1.82) is 0 Å². The second kappa shape index (κ2) is 21.6. The summed E-state index contributed by atoms with van der Waals surface area (Å²) in [6.07, 6.45) is 6.04. The lowest BCUT2D eigenvalue weighted by molar-refractivity contribution is -0.142. The minimum Gasteiger partial charge on any atom is -0.356 e. The van der Waals surface area contributed by atoms with Crippen molar-refractivity contribution in [3.05, 3.63) is 35.9 Å². The number of carbonyl (C=O) groups is 6. The number of hydrogen-bond acceptors (Lipinski definition) is 8. The molecule has 3 fully saturated rings. The Morgan fingerprint density at radius 3 is 2.24 bits per heavy atom. The highest BCUT2D eigenvalue weighted by Crippen LogP contribution is 2.41. The second-order valence-electron chi connectivity index (χ2n) is 14.9. The van der Waals surface area contributed by atoms with Crippen molar-refractivity contribution in [3.8, 4) is 0 Å². The monoisotopic (exact) mass is 807 g/mol. The molecule has 18 heteroatoms. The van der Waals surface area contributed by atoms with E-state index in [-0.39, 0.29) is 61.7 Å². The Balaban J connectivity index is 1.07. The van der Waals surface area contributed by atoms with E-state index < -0.39 is 43.2 Å². The molecule has 7 amide bonds. The molecule has 6 atom stereocenters. The van der Waals surface area contributed by atoms with Crippen molar-refractivity contribution in [2.45, 2.75) is 126 Å². The number of benzene rings is 1. The number of urea groups is 1. The van der Waals surface area contributed by atoms with Crippen LogP contribution in [0.5, 0.6) is 0 Å². The Morgan fingerprint density at radius 2 is 1.56 bits per heavy atom. The summed E-state index contributed by atoms with van der Waals surface area (Å²) < 4.78 is 12.3. The maximum atomic E-state index is 13.6. The summed E-state index contributed by atoms with van der Waals surface area (Å²) in [6.45, 7) is 4.78. The number of unbranched alkanes of at least 4 members (excludes halogenated alkanes) is 3. The third-order valence-electron chi connectivity index (χ3n) is 10.2. The van der Waals surface area contributed by atoms with E-state index in [0.717, 1.165) is 44.3 Å². The lowest BCUT2D eigenvalue weighted by atomic mass is 10.0. The van der Waals surface area contributed by atoms with Crippen LogP contribution in [0.4, 0.5) is 4.79 Å². The number of rotatable bonds is 22. The molecule has 0 bridgehead atoms. The molecule has 0 aromatic heterocycles. The van der Waals surface area contributed by atoms with Gasteiger partial charge in [-0.15, -0.1) is 0 Å². The molecule has 3 aliphatic heterocycles. The van der Waals surface area contributed by atoms with Gasteiger partial charge in [-0.05, 0) is 56.4 Å². The summed E-state index contributed by atoms with van der Waals surface area (Å²) in [6, 6.07) is 7.07. The lowest BCUT2D eigenvalue weighted by Crippen LogP contribution is -2.56. The van der Waals surface area contributed by atoms with Gasteiger partial charge in [-0.1, -0.05) is 50.6 Å². The number of nitrogens with one attached hydrogen (secondary N) is 6. The highest BCUT2D eigenvalue weighted by Gasteiger charge is 2.43. The number of nitrogens with zero attached hydrogens (tertiary/aromatic N) is 1. The fourth-order valence-corrected chi connectivity index (χ4v) is 9.44. The first-order valence-electron chi connectivity index (χ1n) is 19.4. The summed E-state index contributed by atoms with van der Waals surface area (Å²) in [4.78, 5) is 97.2. The molecule has 0 spiro atoms. The Morgan fingerprint density at radius 1 is 0.891 bits per heavy atom. The van der Waals surface area contributed by atoms with Crippen molar-refractivity contribution in [2.75, 3.05) is 25.4 Å². The maximum absolute atomic E-state index is 13.6. The topological polar surface area (TPSA) is 235 Å². The average molecular weight is 808 g/mol. The smallest absolute Gasteiger partial charge is 0.347 e. The van der Waals surface area contributed by atoms with Crippen LogP contribution in [0.25, 0.3) is 0 Å². The van der Waals surface area contributed by atoms with Crippen LogP contribution in [0.2, 0.25) is 0 Å². The molecular formula is C37H58N7O9PS. The predicted molar refractivity (Wildman–Crippen MR) is 209 cm³/mol. The van der Waals surface area contributed by atoms with Gasteiger partial charge in [-0.25, -0.2) is 4.79 Å². The standard InChI is InChI=1S/C37H58N7O9PS/c1-24(2)33(36(49)44-21-11-14-27(44)35(48)42-32(54(51,52)53)22-25-12-5-3-6-13-25)41-31(47)18-17-30(46)39-20-10-4-9-19-38-29(45)16-8-7-15-28-34-26(23-55-28)40-37(50)43-34/h3,5-6,12-13,24,26-28,32-34H,4,7-11,14-23H2,1-2H3,(H,38,45)(H,39,46)(H,41,47)(H,42,48)(H2,40,43,50)(H2,51,52,53). The zero-order chi connectivity index (χ0) is 40.0. The van der Waals surface area contributed by atoms with Gasteiger partial charge in [0.25, 0.3) is 0 Å². The Kier molecular flexibility index (Phi) is 17.3. The van der Waals surface area contributed by atoms with Gasteiger partial charge < -0.3 is 46.6 Å². The fourth-order valence-electron chi connectivity index (χ4n) is 7.15. The van der Waals surface area contributed by atoms with Crippen molar-refractivity contribution in [1.82, 2.24) is 36.8 Å². The maximum Gasteiger partial charge on any atom is 0.347 e. The number of fused-ring (bicyclic) bond motifs is 1. The summed E-state index contributed by atoms with van der Waals surface area (Å²) in [5, 5.41) is 17.3. The molecule has 3 heterocycles. The van der Waals surface area contributed by atoms with E-state index in [2.05, 4.69) is 31.9 Å². The highest BCUT2D eigenvalue weighted by molar-refractivity contribution is 8.00. The van der Waals surface area contributed by atoms with Crippen molar-refractivity contribution in [3.63, 3.8) is 0 Å². The largest absolute Gasteiger partial charge is 0.356 e. The summed E-state index contributed by atoms with van der Waals surface area (Å²) in [5.74, 6) is -2.73. The first kappa shape index (κ1) is 44.1. The van der Waals surface area contributed by atoms with Gasteiger partial charge in [0, 0.05) is 56.3 Å². The molecule has 1 aromatic carbocycles. The van der Waals surface area contributed by atoms with E-state index in [1.54, 1.807) is 44.2 Å². The Hall–Kier alpha value is -3.66. The van der Waals surface area contributed by atoms with Gasteiger partial charge >= 0.3 is 13.6 Å². The average Bonchev–Trinajstić information content (AvgIpc) is 3.87. The van der Waals surface area contributed by atoms with Gasteiger partial charge in [0.1, 0.15) is 17.9 Å². The lowest BCUT2D eigenvalue weighted by Gasteiger charge is -2.31. The van der Waals surface area contributed by atoms with Gasteiger partial charge in [-0.3, -0.25) is 28.5 Å². The van der Waals surface area contributed by atoms with E-state index in [1.807, 2.05) is 11.8 Å². The van der Waals surface area contributed by atoms with Crippen LogP contribution in [0.1, 0.15) is 90.0 Å². The summed E-state index contributed by atoms with van der Waals surface area (Å²) in [7, 11) is -4.72. The third kappa shape index (κ3) is 14.1. The van der Waals surface area contributed by atoms with Crippen LogP contribution in [-0.4, -0.2) is 111 Å². The van der Waals surface area contributed by atoms with Crippen LogP contribution in [0.3, 0.4) is 0 Å². The molecule has 0 aliphatic carbocycles. The predicted octanol–water partition coefficient (Wildman–Crippen LogP) is 1.89. The van der Waals surface area contributed by atoms with E-state index in [9.17, 15) is 43.1 Å². The molecular weight excluding hydrogens is 749 g/mol. The molecule has 1 aromatic rings. The highest BCUT2D eigenvalue weighted by atomic mass is 32.2. The molecule has 4 rings (SSSR count). The number of likely N-dealkylation sites (tertiary alicyclic amines) is 1. The molecule has 55 heavy (non-hydrogen) atoms. The minimum absolute atomic E-state index is 0.0253. The molecule has 3 saturated heterocycles. The number of hydrogen-bond donors (Lipinski definition) is 8. The van der Waals surface area contributed by atoms with Crippen LogP contribution in [0, 0.1) is 5.92 Å².